The highest BCUT2D eigenvalue weighted by molar-refractivity contribution is 6.05. The van der Waals surface area contributed by atoms with Gasteiger partial charge in [-0.1, -0.05) is 12.1 Å². The Kier molecular flexibility index (Phi) is 2.52. The molecule has 1 aromatic rings. The number of hydrogen-bond donors (Lipinski definition) is 2. The molecule has 0 saturated carbocycles. The molecule has 2 N–H and O–H groups in total. The van der Waals surface area contributed by atoms with Gasteiger partial charge in [0.05, 0.1) is 7.11 Å². The fraction of sp³-hybridized carbons (Fsp3) is 0.429. The largest absolute Gasteiger partial charge is 0.497 e. The van der Waals surface area contributed by atoms with E-state index < -0.39 is 11.6 Å². The number of nitrogens with one attached hydrogen (secondary N) is 2. The number of carbonyl (C=O) groups is 2. The fourth-order valence-electron chi connectivity index (χ4n) is 3.04. The van der Waals surface area contributed by atoms with Crippen LogP contribution >= 0.6 is 0 Å². The maximum atomic E-state index is 12.0. The topological polar surface area (TPSA) is 67.4 Å². The van der Waals surface area contributed by atoms with E-state index in [0.717, 1.165) is 11.3 Å². The number of amides is 2. The normalized spacial score (nSPS) is 32.7. The van der Waals surface area contributed by atoms with E-state index in [1.54, 1.807) is 7.11 Å². The smallest absolute Gasteiger partial charge is 0.235 e. The molecule has 3 fully saturated rings. The number of hydrogen-bond acceptors (Lipinski definition) is 3. The van der Waals surface area contributed by atoms with Crippen molar-refractivity contribution < 1.29 is 14.3 Å². The lowest BCUT2D eigenvalue weighted by molar-refractivity contribution is -0.149. The molecule has 3 saturated heterocycles. The van der Waals surface area contributed by atoms with Gasteiger partial charge in [-0.15, -0.1) is 0 Å². The summed E-state index contributed by atoms with van der Waals surface area (Å²) in [6.07, 6.45) is 0.710. The van der Waals surface area contributed by atoms with Gasteiger partial charge in [0.25, 0.3) is 0 Å². The lowest BCUT2D eigenvalue weighted by Crippen LogP contribution is -2.72. The van der Waals surface area contributed by atoms with E-state index in [2.05, 4.69) is 10.6 Å². The molecule has 0 radical (unpaired) electrons. The van der Waals surface area contributed by atoms with E-state index in [-0.39, 0.29) is 17.7 Å². The van der Waals surface area contributed by atoms with Crippen LogP contribution in [0.3, 0.4) is 0 Å². The SMILES string of the molecule is COc1ccc(C2CC3(C)NC(=O)C2C(=O)N3)cc1. The first-order valence-electron chi connectivity index (χ1n) is 6.30. The summed E-state index contributed by atoms with van der Waals surface area (Å²) in [6, 6.07) is 7.56. The van der Waals surface area contributed by atoms with Crippen molar-refractivity contribution in [2.24, 2.45) is 5.92 Å². The molecule has 0 aliphatic carbocycles. The Bertz CT molecular complexity index is 520. The highest BCUT2D eigenvalue weighted by Gasteiger charge is 2.52. The quantitative estimate of drug-likeness (QED) is 0.771. The van der Waals surface area contributed by atoms with E-state index in [0.29, 0.717) is 6.42 Å². The van der Waals surface area contributed by atoms with Crippen LogP contribution in [0.4, 0.5) is 0 Å². The summed E-state index contributed by atoms with van der Waals surface area (Å²) in [5, 5.41) is 5.70. The Labute approximate surface area is 111 Å². The Morgan fingerprint density at radius 1 is 1.16 bits per heavy atom. The van der Waals surface area contributed by atoms with Gasteiger partial charge in [0, 0.05) is 5.92 Å². The number of ether oxygens (including phenoxy) is 1. The second kappa shape index (κ2) is 3.98. The van der Waals surface area contributed by atoms with E-state index in [1.165, 1.54) is 0 Å². The standard InChI is InChI=1S/C14H16N2O3/c1-14-7-10(8-3-5-9(19-2)6-4-8)11(12(17)15-14)13(18)16-14/h3-6,10-11H,7H2,1-2H3,(H,15,17)(H,16,18). The predicted molar refractivity (Wildman–Crippen MR) is 68.5 cm³/mol. The Morgan fingerprint density at radius 3 is 2.21 bits per heavy atom. The van der Waals surface area contributed by atoms with Crippen LogP contribution in [0.5, 0.6) is 5.75 Å². The molecule has 1 aromatic carbocycles. The molecule has 3 aliphatic heterocycles. The molecule has 5 heteroatoms. The Hall–Kier alpha value is -2.04. The summed E-state index contributed by atoms with van der Waals surface area (Å²) in [7, 11) is 1.61. The maximum Gasteiger partial charge on any atom is 0.235 e. The van der Waals surface area contributed by atoms with Crippen molar-refractivity contribution in [2.45, 2.75) is 24.9 Å². The van der Waals surface area contributed by atoms with Crippen LogP contribution in [0.1, 0.15) is 24.8 Å². The van der Waals surface area contributed by atoms with Crippen LogP contribution in [0, 0.1) is 5.92 Å². The van der Waals surface area contributed by atoms with Gasteiger partial charge in [-0.05, 0) is 31.0 Å². The van der Waals surface area contributed by atoms with Crippen molar-refractivity contribution in [3.05, 3.63) is 29.8 Å². The third-order valence-corrected chi connectivity index (χ3v) is 3.94. The number of benzene rings is 1. The van der Waals surface area contributed by atoms with Gasteiger partial charge in [0.2, 0.25) is 11.8 Å². The van der Waals surface area contributed by atoms with E-state index >= 15 is 0 Å². The van der Waals surface area contributed by atoms with Crippen molar-refractivity contribution in [3.8, 4) is 5.75 Å². The third kappa shape index (κ3) is 1.85. The molecule has 1 unspecified atom stereocenters. The monoisotopic (exact) mass is 260 g/mol. The molecule has 2 bridgehead atoms. The number of rotatable bonds is 2. The maximum absolute atomic E-state index is 12.0. The Morgan fingerprint density at radius 2 is 1.74 bits per heavy atom. The molecule has 4 rings (SSSR count). The second-order valence-electron chi connectivity index (χ2n) is 5.37. The van der Waals surface area contributed by atoms with Crippen LogP contribution in [-0.4, -0.2) is 24.6 Å². The average molecular weight is 260 g/mol. The van der Waals surface area contributed by atoms with Crippen LogP contribution in [0.15, 0.2) is 24.3 Å². The summed E-state index contributed by atoms with van der Waals surface area (Å²) in [6.45, 7) is 1.84. The molecule has 3 heterocycles. The second-order valence-corrected chi connectivity index (χ2v) is 5.37. The van der Waals surface area contributed by atoms with Crippen molar-refractivity contribution in [3.63, 3.8) is 0 Å². The molecule has 100 valence electrons. The molecule has 2 amide bonds. The van der Waals surface area contributed by atoms with Crippen molar-refractivity contribution in [1.29, 1.82) is 0 Å². The van der Waals surface area contributed by atoms with E-state index in [4.69, 9.17) is 4.74 Å². The zero-order chi connectivity index (χ0) is 13.6. The van der Waals surface area contributed by atoms with Gasteiger partial charge in [0.15, 0.2) is 0 Å². The van der Waals surface area contributed by atoms with Crippen LogP contribution in [-0.2, 0) is 9.59 Å². The highest BCUT2D eigenvalue weighted by atomic mass is 16.5. The summed E-state index contributed by atoms with van der Waals surface area (Å²) in [5.74, 6) is -0.296. The zero-order valence-corrected chi connectivity index (χ0v) is 10.9. The van der Waals surface area contributed by atoms with Crippen LogP contribution in [0.2, 0.25) is 0 Å². The molecule has 0 aromatic heterocycles. The summed E-state index contributed by atoms with van der Waals surface area (Å²) in [4.78, 5) is 24.0. The van der Waals surface area contributed by atoms with Gasteiger partial charge in [-0.25, -0.2) is 0 Å². The summed E-state index contributed by atoms with van der Waals surface area (Å²) < 4.78 is 5.12. The van der Waals surface area contributed by atoms with Crippen molar-refractivity contribution in [1.82, 2.24) is 10.6 Å². The van der Waals surface area contributed by atoms with Gasteiger partial charge in [-0.3, -0.25) is 9.59 Å². The van der Waals surface area contributed by atoms with Crippen molar-refractivity contribution >= 4 is 11.8 Å². The summed E-state index contributed by atoms with van der Waals surface area (Å²) >= 11 is 0. The first kappa shape index (κ1) is 12.0. The molecule has 3 aliphatic rings. The fourth-order valence-corrected chi connectivity index (χ4v) is 3.04. The minimum Gasteiger partial charge on any atom is -0.497 e. The third-order valence-electron chi connectivity index (χ3n) is 3.94. The number of methoxy groups -OCH3 is 1. The van der Waals surface area contributed by atoms with Crippen LogP contribution < -0.4 is 15.4 Å². The average Bonchev–Trinajstić information content (AvgIpc) is 2.36. The zero-order valence-electron chi connectivity index (χ0n) is 10.9. The molecular formula is C14H16N2O3. The van der Waals surface area contributed by atoms with Gasteiger partial charge >= 0.3 is 0 Å². The predicted octanol–water partition coefficient (Wildman–Crippen LogP) is 0.761. The number of carbonyl (C=O) groups excluding carboxylic acids is 2. The molecule has 0 spiro atoms. The highest BCUT2D eigenvalue weighted by Crippen LogP contribution is 2.40. The first-order valence-corrected chi connectivity index (χ1v) is 6.30. The molecule has 5 nitrogen and oxygen atoms in total. The van der Waals surface area contributed by atoms with E-state index in [9.17, 15) is 9.59 Å². The van der Waals surface area contributed by atoms with Gasteiger partial charge < -0.3 is 15.4 Å². The Balaban J connectivity index is 1.96. The molecule has 19 heavy (non-hydrogen) atoms. The van der Waals surface area contributed by atoms with Crippen LogP contribution in [0.25, 0.3) is 0 Å². The molecule has 1 atom stereocenters. The minimum atomic E-state index is -0.631. The van der Waals surface area contributed by atoms with Gasteiger partial charge in [0.1, 0.15) is 17.3 Å². The summed E-state index contributed by atoms with van der Waals surface area (Å²) in [5.41, 5.74) is 0.370. The number of fused-ring (bicyclic) bond motifs is 3. The minimum absolute atomic E-state index is 0.0709. The number of piperidine rings is 2. The molecular weight excluding hydrogens is 244 g/mol. The van der Waals surface area contributed by atoms with E-state index in [1.807, 2.05) is 31.2 Å². The first-order chi connectivity index (χ1) is 9.02. The lowest BCUT2D eigenvalue weighted by atomic mass is 9.72. The van der Waals surface area contributed by atoms with Gasteiger partial charge in [-0.2, -0.15) is 0 Å². The van der Waals surface area contributed by atoms with Crippen molar-refractivity contribution in [2.75, 3.05) is 7.11 Å². The lowest BCUT2D eigenvalue weighted by Gasteiger charge is -2.48.